The lowest BCUT2D eigenvalue weighted by molar-refractivity contribution is -0.384. The Balaban J connectivity index is 2.62. The number of anilines is 1. The van der Waals surface area contributed by atoms with E-state index in [1.807, 2.05) is 0 Å². The predicted molar refractivity (Wildman–Crippen MR) is 57.1 cm³/mol. The lowest BCUT2D eigenvalue weighted by Crippen LogP contribution is -2.03. The summed E-state index contributed by atoms with van der Waals surface area (Å²) in [4.78, 5) is 9.99. The molecular formula is C9H8FN5O2. The first-order chi connectivity index (χ1) is 8.00. The molecule has 0 unspecified atom stereocenters. The van der Waals surface area contributed by atoms with E-state index in [4.69, 9.17) is 5.73 Å². The minimum atomic E-state index is -0.636. The molecule has 0 spiro atoms. The van der Waals surface area contributed by atoms with Gasteiger partial charge in [0.05, 0.1) is 10.6 Å². The van der Waals surface area contributed by atoms with E-state index in [1.54, 1.807) is 6.92 Å². The standard InChI is InChI=1S/C9H8FN5O2/c1-5-9(11)12-13-14(5)8-4-6(15(16)17)2-3-7(8)10/h2-4H,11H2,1H3. The number of nitrogens with two attached hydrogens (primary N) is 1. The van der Waals surface area contributed by atoms with Crippen molar-refractivity contribution in [3.8, 4) is 5.69 Å². The summed E-state index contributed by atoms with van der Waals surface area (Å²) in [5.74, 6) is -0.487. The van der Waals surface area contributed by atoms with E-state index < -0.39 is 10.7 Å². The van der Waals surface area contributed by atoms with Gasteiger partial charge in [-0.15, -0.1) is 5.10 Å². The van der Waals surface area contributed by atoms with E-state index in [2.05, 4.69) is 10.3 Å². The number of hydrogen-bond acceptors (Lipinski definition) is 5. The maximum Gasteiger partial charge on any atom is 0.271 e. The number of aromatic nitrogens is 3. The van der Waals surface area contributed by atoms with E-state index in [1.165, 1.54) is 0 Å². The number of nitro groups is 1. The van der Waals surface area contributed by atoms with Crippen LogP contribution >= 0.6 is 0 Å². The van der Waals surface area contributed by atoms with Crippen LogP contribution in [-0.2, 0) is 0 Å². The predicted octanol–water partition coefficient (Wildman–Crippen LogP) is 1.21. The first-order valence-corrected chi connectivity index (χ1v) is 4.63. The molecule has 0 radical (unpaired) electrons. The molecule has 2 rings (SSSR count). The van der Waals surface area contributed by atoms with Crippen LogP contribution in [0.5, 0.6) is 0 Å². The summed E-state index contributed by atoms with van der Waals surface area (Å²) < 4.78 is 14.7. The van der Waals surface area contributed by atoms with Crippen molar-refractivity contribution in [1.82, 2.24) is 15.0 Å². The molecule has 0 atom stereocenters. The molecule has 0 aliphatic heterocycles. The fourth-order valence-corrected chi connectivity index (χ4v) is 1.35. The van der Waals surface area contributed by atoms with Gasteiger partial charge in [-0.2, -0.15) is 0 Å². The highest BCUT2D eigenvalue weighted by molar-refractivity contribution is 5.46. The quantitative estimate of drug-likeness (QED) is 0.624. The van der Waals surface area contributed by atoms with Gasteiger partial charge < -0.3 is 5.73 Å². The smallest absolute Gasteiger partial charge is 0.271 e. The van der Waals surface area contributed by atoms with Crippen molar-refractivity contribution in [2.75, 3.05) is 5.73 Å². The van der Waals surface area contributed by atoms with Gasteiger partial charge in [-0.25, -0.2) is 9.07 Å². The van der Waals surface area contributed by atoms with Crippen LogP contribution in [0.2, 0.25) is 0 Å². The molecule has 1 aromatic carbocycles. The molecule has 2 N–H and O–H groups in total. The second kappa shape index (κ2) is 3.81. The molecule has 0 saturated heterocycles. The average molecular weight is 237 g/mol. The zero-order valence-corrected chi connectivity index (χ0v) is 8.79. The Morgan fingerprint density at radius 1 is 1.53 bits per heavy atom. The molecule has 0 aliphatic carbocycles. The molecule has 0 amide bonds. The Morgan fingerprint density at radius 2 is 2.24 bits per heavy atom. The fourth-order valence-electron chi connectivity index (χ4n) is 1.35. The van der Waals surface area contributed by atoms with Gasteiger partial charge in [0, 0.05) is 12.1 Å². The van der Waals surface area contributed by atoms with E-state index in [0.29, 0.717) is 5.69 Å². The van der Waals surface area contributed by atoms with Crippen molar-refractivity contribution >= 4 is 11.5 Å². The van der Waals surface area contributed by atoms with E-state index in [-0.39, 0.29) is 17.2 Å². The second-order valence-electron chi connectivity index (χ2n) is 3.36. The van der Waals surface area contributed by atoms with Gasteiger partial charge in [0.25, 0.3) is 5.69 Å². The summed E-state index contributed by atoms with van der Waals surface area (Å²) in [5.41, 5.74) is 5.61. The van der Waals surface area contributed by atoms with E-state index >= 15 is 0 Å². The summed E-state index contributed by atoms with van der Waals surface area (Å²) in [6.45, 7) is 1.59. The Kier molecular flexibility index (Phi) is 2.47. The van der Waals surface area contributed by atoms with Gasteiger partial charge in [0.1, 0.15) is 11.5 Å². The second-order valence-corrected chi connectivity index (χ2v) is 3.36. The average Bonchev–Trinajstić information content (AvgIpc) is 2.60. The SMILES string of the molecule is Cc1c(N)nnn1-c1cc([N+](=O)[O-])ccc1F. The molecule has 0 saturated carbocycles. The molecule has 0 fully saturated rings. The van der Waals surface area contributed by atoms with Crippen LogP contribution in [0.3, 0.4) is 0 Å². The monoisotopic (exact) mass is 237 g/mol. The third-order valence-corrected chi connectivity index (χ3v) is 2.30. The van der Waals surface area contributed by atoms with Crippen LogP contribution in [0.4, 0.5) is 15.9 Å². The van der Waals surface area contributed by atoms with Crippen LogP contribution in [0, 0.1) is 22.9 Å². The first-order valence-electron chi connectivity index (χ1n) is 4.63. The minimum Gasteiger partial charge on any atom is -0.381 e. The Hall–Kier alpha value is -2.51. The summed E-state index contributed by atoms with van der Waals surface area (Å²) in [6.07, 6.45) is 0. The molecule has 88 valence electrons. The molecule has 8 heteroatoms. The molecule has 2 aromatic rings. The number of halogens is 1. The van der Waals surface area contributed by atoms with Gasteiger partial charge in [-0.1, -0.05) is 5.21 Å². The lowest BCUT2D eigenvalue weighted by atomic mass is 10.2. The number of non-ortho nitro benzene ring substituents is 1. The lowest BCUT2D eigenvalue weighted by Gasteiger charge is -2.04. The van der Waals surface area contributed by atoms with Crippen molar-refractivity contribution in [2.24, 2.45) is 0 Å². The van der Waals surface area contributed by atoms with Crippen LogP contribution < -0.4 is 5.73 Å². The summed E-state index contributed by atoms with van der Waals surface area (Å²) in [7, 11) is 0. The molecule has 17 heavy (non-hydrogen) atoms. The molecule has 7 nitrogen and oxygen atoms in total. The maximum atomic E-state index is 13.6. The van der Waals surface area contributed by atoms with E-state index in [0.717, 1.165) is 22.9 Å². The van der Waals surface area contributed by atoms with Crippen LogP contribution in [0.1, 0.15) is 5.69 Å². The number of rotatable bonds is 2. The molecule has 0 aliphatic rings. The highest BCUT2D eigenvalue weighted by Gasteiger charge is 2.15. The van der Waals surface area contributed by atoms with Gasteiger partial charge in [0.15, 0.2) is 5.82 Å². The third-order valence-electron chi connectivity index (χ3n) is 2.30. The number of nitrogen functional groups attached to an aromatic ring is 1. The normalized spacial score (nSPS) is 10.5. The zero-order chi connectivity index (χ0) is 12.6. The fraction of sp³-hybridized carbons (Fsp3) is 0.111. The molecular weight excluding hydrogens is 229 g/mol. The largest absolute Gasteiger partial charge is 0.381 e. The van der Waals surface area contributed by atoms with Crippen molar-refractivity contribution in [2.45, 2.75) is 6.92 Å². The highest BCUT2D eigenvalue weighted by atomic mass is 19.1. The summed E-state index contributed by atoms with van der Waals surface area (Å²) in [5, 5.41) is 17.8. The maximum absolute atomic E-state index is 13.6. The van der Waals surface area contributed by atoms with Crippen molar-refractivity contribution in [3.05, 3.63) is 39.8 Å². The summed E-state index contributed by atoms with van der Waals surface area (Å²) >= 11 is 0. The van der Waals surface area contributed by atoms with Gasteiger partial charge in [-0.05, 0) is 13.0 Å². The number of nitro benzene ring substituents is 1. The summed E-state index contributed by atoms with van der Waals surface area (Å²) in [6, 6.07) is 3.16. The van der Waals surface area contributed by atoms with Crippen molar-refractivity contribution in [1.29, 1.82) is 0 Å². The van der Waals surface area contributed by atoms with Crippen molar-refractivity contribution in [3.63, 3.8) is 0 Å². The first kappa shape index (κ1) is 11.0. The Labute approximate surface area is 94.8 Å². The molecule has 1 heterocycles. The van der Waals surface area contributed by atoms with Crippen LogP contribution in [0.15, 0.2) is 18.2 Å². The zero-order valence-electron chi connectivity index (χ0n) is 8.79. The number of nitrogens with zero attached hydrogens (tertiary/aromatic N) is 4. The van der Waals surface area contributed by atoms with Gasteiger partial charge in [-0.3, -0.25) is 10.1 Å². The van der Waals surface area contributed by atoms with Gasteiger partial charge >= 0.3 is 0 Å². The van der Waals surface area contributed by atoms with Gasteiger partial charge in [0.2, 0.25) is 0 Å². The Bertz CT molecular complexity index is 595. The minimum absolute atomic E-state index is 0.0547. The highest BCUT2D eigenvalue weighted by Crippen LogP contribution is 2.21. The topological polar surface area (TPSA) is 99.9 Å². The number of hydrogen-bond donors (Lipinski definition) is 1. The van der Waals surface area contributed by atoms with Crippen LogP contribution in [0.25, 0.3) is 5.69 Å². The van der Waals surface area contributed by atoms with Crippen LogP contribution in [-0.4, -0.2) is 19.9 Å². The molecule has 0 bridgehead atoms. The Morgan fingerprint density at radius 3 is 2.76 bits per heavy atom. The molecule has 1 aromatic heterocycles. The third kappa shape index (κ3) is 1.80. The van der Waals surface area contributed by atoms with Crippen molar-refractivity contribution < 1.29 is 9.31 Å². The number of benzene rings is 1. The van der Waals surface area contributed by atoms with E-state index in [9.17, 15) is 14.5 Å².